The van der Waals surface area contributed by atoms with Gasteiger partial charge in [-0.15, -0.1) is 0 Å². The van der Waals surface area contributed by atoms with Crippen molar-refractivity contribution in [1.29, 1.82) is 0 Å². The first-order valence-electron chi connectivity index (χ1n) is 7.36. The number of hydrogen-bond acceptors (Lipinski definition) is 3. The van der Waals surface area contributed by atoms with Crippen molar-refractivity contribution in [1.82, 2.24) is 0 Å². The topological polar surface area (TPSA) is 64.3 Å². The van der Waals surface area contributed by atoms with Gasteiger partial charge in [0.2, 0.25) is 0 Å². The summed E-state index contributed by atoms with van der Waals surface area (Å²) in [5.41, 5.74) is 8.65. The smallest absolute Gasteiger partial charge is 0.255 e. The summed E-state index contributed by atoms with van der Waals surface area (Å²) < 4.78 is 5.65. The summed E-state index contributed by atoms with van der Waals surface area (Å²) >= 11 is 0. The number of carbonyl (C=O) groups excluding carboxylic acids is 1. The molecule has 0 unspecified atom stereocenters. The lowest BCUT2D eigenvalue weighted by molar-refractivity contribution is 0.102. The molecule has 4 heteroatoms. The number of nitrogens with two attached hydrogens (primary N) is 1. The second-order valence-corrected chi connectivity index (χ2v) is 5.76. The maximum absolute atomic E-state index is 12.3. The Bertz CT molecular complexity index is 666. The Morgan fingerprint density at radius 2 is 2.00 bits per heavy atom. The van der Waals surface area contributed by atoms with Gasteiger partial charge in [-0.3, -0.25) is 4.79 Å². The Hall–Kier alpha value is -2.49. The molecule has 0 aromatic heterocycles. The molecule has 0 spiro atoms. The van der Waals surface area contributed by atoms with Crippen LogP contribution in [0.15, 0.2) is 42.5 Å². The maximum Gasteiger partial charge on any atom is 0.255 e. The predicted octanol–water partition coefficient (Wildman–Crippen LogP) is 3.86. The van der Waals surface area contributed by atoms with Crippen LogP contribution in [0.3, 0.4) is 0 Å². The number of rotatable bonds is 5. The molecule has 0 aliphatic rings. The number of anilines is 2. The summed E-state index contributed by atoms with van der Waals surface area (Å²) in [4.78, 5) is 12.3. The molecular formula is C18H22N2O2. The number of nitrogens with one attached hydrogen (secondary N) is 1. The van der Waals surface area contributed by atoms with Gasteiger partial charge in [0.05, 0.1) is 6.61 Å². The molecule has 0 fully saturated rings. The van der Waals surface area contributed by atoms with Crippen LogP contribution in [0, 0.1) is 12.8 Å². The van der Waals surface area contributed by atoms with Crippen LogP contribution in [0.5, 0.6) is 5.75 Å². The van der Waals surface area contributed by atoms with Gasteiger partial charge in [0.1, 0.15) is 5.75 Å². The quantitative estimate of drug-likeness (QED) is 0.824. The Kier molecular flexibility index (Phi) is 5.04. The highest BCUT2D eigenvalue weighted by atomic mass is 16.5. The lowest BCUT2D eigenvalue weighted by Gasteiger charge is -2.11. The van der Waals surface area contributed by atoms with Crippen LogP contribution >= 0.6 is 0 Å². The van der Waals surface area contributed by atoms with Gasteiger partial charge in [0.25, 0.3) is 5.91 Å². The summed E-state index contributed by atoms with van der Waals surface area (Å²) in [6.45, 7) is 6.71. The average molecular weight is 298 g/mol. The molecule has 1 amide bonds. The number of hydrogen-bond donors (Lipinski definition) is 2. The van der Waals surface area contributed by atoms with Crippen molar-refractivity contribution in [3.8, 4) is 5.75 Å². The van der Waals surface area contributed by atoms with Crippen LogP contribution in [0.25, 0.3) is 0 Å². The van der Waals surface area contributed by atoms with E-state index in [4.69, 9.17) is 10.5 Å². The number of ether oxygens (including phenoxy) is 1. The average Bonchev–Trinajstić information content (AvgIpc) is 2.48. The number of aryl methyl sites for hydroxylation is 1. The summed E-state index contributed by atoms with van der Waals surface area (Å²) in [6, 6.07) is 12.6. The Balaban J connectivity index is 2.10. The minimum atomic E-state index is -0.164. The lowest BCUT2D eigenvalue weighted by atomic mass is 10.1. The van der Waals surface area contributed by atoms with Crippen LogP contribution in [0.4, 0.5) is 11.4 Å². The highest BCUT2D eigenvalue weighted by Crippen LogP contribution is 2.20. The van der Waals surface area contributed by atoms with Gasteiger partial charge in [-0.1, -0.05) is 19.9 Å². The van der Waals surface area contributed by atoms with Crippen LogP contribution in [-0.2, 0) is 0 Å². The first-order chi connectivity index (χ1) is 10.5. The van der Waals surface area contributed by atoms with Gasteiger partial charge in [0.15, 0.2) is 0 Å². The molecule has 0 heterocycles. The number of benzene rings is 2. The van der Waals surface area contributed by atoms with E-state index in [0.29, 0.717) is 29.5 Å². The van der Waals surface area contributed by atoms with Gasteiger partial charge in [-0.2, -0.15) is 0 Å². The van der Waals surface area contributed by atoms with Crippen molar-refractivity contribution in [3.05, 3.63) is 53.6 Å². The fraction of sp³-hybridized carbons (Fsp3) is 0.278. The molecule has 0 saturated heterocycles. The third-order valence-electron chi connectivity index (χ3n) is 3.18. The van der Waals surface area contributed by atoms with E-state index in [9.17, 15) is 4.79 Å². The van der Waals surface area contributed by atoms with Gasteiger partial charge in [-0.25, -0.2) is 0 Å². The van der Waals surface area contributed by atoms with E-state index in [-0.39, 0.29) is 5.91 Å². The fourth-order valence-corrected chi connectivity index (χ4v) is 2.01. The third kappa shape index (κ3) is 4.25. The monoisotopic (exact) mass is 298 g/mol. The summed E-state index contributed by atoms with van der Waals surface area (Å²) in [5.74, 6) is 0.980. The lowest BCUT2D eigenvalue weighted by Crippen LogP contribution is -2.13. The molecule has 4 nitrogen and oxygen atoms in total. The van der Waals surface area contributed by atoms with Crippen molar-refractivity contribution < 1.29 is 9.53 Å². The largest absolute Gasteiger partial charge is 0.493 e. The highest BCUT2D eigenvalue weighted by molar-refractivity contribution is 6.04. The molecule has 116 valence electrons. The fourth-order valence-electron chi connectivity index (χ4n) is 2.01. The van der Waals surface area contributed by atoms with Gasteiger partial charge < -0.3 is 15.8 Å². The van der Waals surface area contributed by atoms with Crippen molar-refractivity contribution in [2.75, 3.05) is 17.7 Å². The van der Waals surface area contributed by atoms with Gasteiger partial charge in [-0.05, 0) is 54.8 Å². The van der Waals surface area contributed by atoms with Crippen molar-refractivity contribution in [3.63, 3.8) is 0 Å². The Morgan fingerprint density at radius 3 is 2.68 bits per heavy atom. The van der Waals surface area contributed by atoms with Crippen LogP contribution in [-0.4, -0.2) is 12.5 Å². The molecule has 0 bridgehead atoms. The zero-order valence-corrected chi connectivity index (χ0v) is 13.2. The van der Waals surface area contributed by atoms with E-state index in [1.807, 2.05) is 31.2 Å². The second kappa shape index (κ2) is 6.98. The minimum absolute atomic E-state index is 0.164. The Labute approximate surface area is 131 Å². The first-order valence-corrected chi connectivity index (χ1v) is 7.36. The summed E-state index contributed by atoms with van der Waals surface area (Å²) in [5, 5.41) is 2.90. The van der Waals surface area contributed by atoms with E-state index in [0.717, 1.165) is 11.3 Å². The molecular weight excluding hydrogens is 276 g/mol. The van der Waals surface area contributed by atoms with Gasteiger partial charge in [0, 0.05) is 16.9 Å². The minimum Gasteiger partial charge on any atom is -0.493 e. The summed E-state index contributed by atoms with van der Waals surface area (Å²) in [6.07, 6.45) is 0. The number of nitrogen functional groups attached to an aromatic ring is 1. The Morgan fingerprint density at radius 1 is 1.23 bits per heavy atom. The van der Waals surface area contributed by atoms with E-state index >= 15 is 0 Å². The molecule has 2 rings (SSSR count). The molecule has 3 N–H and O–H groups in total. The van der Waals surface area contributed by atoms with E-state index in [1.165, 1.54) is 0 Å². The normalized spacial score (nSPS) is 10.5. The number of amides is 1. The zero-order valence-electron chi connectivity index (χ0n) is 13.2. The molecule has 0 aliphatic carbocycles. The van der Waals surface area contributed by atoms with Crippen LogP contribution in [0.2, 0.25) is 0 Å². The highest BCUT2D eigenvalue weighted by Gasteiger charge is 2.09. The van der Waals surface area contributed by atoms with Crippen molar-refractivity contribution >= 4 is 17.3 Å². The van der Waals surface area contributed by atoms with Gasteiger partial charge >= 0.3 is 0 Å². The predicted molar refractivity (Wildman–Crippen MR) is 90.3 cm³/mol. The molecule has 0 aliphatic heterocycles. The molecule has 2 aromatic carbocycles. The maximum atomic E-state index is 12.3. The standard InChI is InChI=1S/C18H22N2O2/c1-12(2)11-22-16-6-4-5-14(10-16)18(21)20-17-8-7-15(19)9-13(17)3/h4-10,12H,11,19H2,1-3H3,(H,20,21). The second-order valence-electron chi connectivity index (χ2n) is 5.76. The van der Waals surface area contributed by atoms with Crippen LogP contribution < -0.4 is 15.8 Å². The van der Waals surface area contributed by atoms with Crippen LogP contribution in [0.1, 0.15) is 29.8 Å². The molecule has 2 aromatic rings. The zero-order chi connectivity index (χ0) is 16.1. The van der Waals surface area contributed by atoms with E-state index in [1.54, 1.807) is 18.2 Å². The molecule has 0 radical (unpaired) electrons. The molecule has 22 heavy (non-hydrogen) atoms. The van der Waals surface area contributed by atoms with E-state index in [2.05, 4.69) is 19.2 Å². The molecule has 0 atom stereocenters. The van der Waals surface area contributed by atoms with E-state index < -0.39 is 0 Å². The first kappa shape index (κ1) is 15.9. The summed E-state index contributed by atoms with van der Waals surface area (Å²) in [7, 11) is 0. The van der Waals surface area contributed by atoms with Crippen molar-refractivity contribution in [2.45, 2.75) is 20.8 Å². The third-order valence-corrected chi connectivity index (χ3v) is 3.18. The number of carbonyl (C=O) groups is 1. The molecule has 0 saturated carbocycles. The SMILES string of the molecule is Cc1cc(N)ccc1NC(=O)c1cccc(OCC(C)C)c1. The van der Waals surface area contributed by atoms with Crippen molar-refractivity contribution in [2.24, 2.45) is 5.92 Å².